The smallest absolute Gasteiger partial charge is 0.116 e. The van der Waals surface area contributed by atoms with Crippen molar-refractivity contribution in [2.75, 3.05) is 6.54 Å². The molecule has 1 aromatic heterocycles. The molecule has 1 aromatic carbocycles. The summed E-state index contributed by atoms with van der Waals surface area (Å²) < 4.78 is 0. The minimum atomic E-state index is 0.330. The van der Waals surface area contributed by atoms with E-state index in [1.165, 1.54) is 5.56 Å². The summed E-state index contributed by atoms with van der Waals surface area (Å²) in [5.74, 6) is 0. The lowest BCUT2D eigenvalue weighted by Crippen LogP contribution is -2.29. The highest BCUT2D eigenvalue weighted by Gasteiger charge is 2.19. The van der Waals surface area contributed by atoms with Crippen molar-refractivity contribution in [3.63, 3.8) is 0 Å². The lowest BCUT2D eigenvalue weighted by molar-refractivity contribution is 0.527. The number of benzene rings is 1. The summed E-state index contributed by atoms with van der Waals surface area (Å²) in [7, 11) is 0. The zero-order valence-corrected chi connectivity index (χ0v) is 12.8. The first kappa shape index (κ1) is 15.0. The van der Waals surface area contributed by atoms with Crippen LogP contribution in [-0.4, -0.2) is 21.8 Å². The van der Waals surface area contributed by atoms with Crippen molar-refractivity contribution in [1.82, 2.24) is 15.3 Å². The van der Waals surface area contributed by atoms with Gasteiger partial charge in [-0.1, -0.05) is 44.2 Å². The molecule has 0 bridgehead atoms. The summed E-state index contributed by atoms with van der Waals surface area (Å²) in [4.78, 5) is 8.26. The van der Waals surface area contributed by atoms with Gasteiger partial charge in [0.15, 0.2) is 0 Å². The molecule has 0 aliphatic rings. The number of thioether (sulfide) groups is 1. The number of rotatable bonds is 7. The van der Waals surface area contributed by atoms with Gasteiger partial charge in [0.25, 0.3) is 0 Å². The van der Waals surface area contributed by atoms with Crippen molar-refractivity contribution in [2.45, 2.75) is 36.6 Å². The van der Waals surface area contributed by atoms with Crippen LogP contribution in [0.25, 0.3) is 0 Å². The number of aromatic nitrogens is 2. The van der Waals surface area contributed by atoms with Gasteiger partial charge in [-0.15, -0.1) is 11.8 Å². The van der Waals surface area contributed by atoms with Crippen LogP contribution < -0.4 is 5.32 Å². The third-order valence-corrected chi connectivity index (χ3v) is 4.23. The van der Waals surface area contributed by atoms with Crippen molar-refractivity contribution in [1.29, 1.82) is 0 Å². The zero-order chi connectivity index (χ0) is 14.2. The molecule has 0 spiro atoms. The normalized spacial score (nSPS) is 13.9. The first-order chi connectivity index (χ1) is 9.81. The van der Waals surface area contributed by atoms with E-state index in [-0.39, 0.29) is 0 Å². The van der Waals surface area contributed by atoms with Gasteiger partial charge in [-0.3, -0.25) is 0 Å². The number of nitrogens with zero attached hydrogens (tertiary/aromatic N) is 2. The average molecular weight is 287 g/mol. The van der Waals surface area contributed by atoms with Crippen LogP contribution in [0.5, 0.6) is 0 Å². The molecule has 106 valence electrons. The number of hydrogen-bond acceptors (Lipinski definition) is 4. The Labute approximate surface area is 125 Å². The molecule has 2 unspecified atom stereocenters. The summed E-state index contributed by atoms with van der Waals surface area (Å²) in [6.07, 6.45) is 4.53. The third kappa shape index (κ3) is 4.32. The van der Waals surface area contributed by atoms with E-state index in [0.29, 0.717) is 11.3 Å². The molecule has 0 fully saturated rings. The highest BCUT2D eigenvalue weighted by molar-refractivity contribution is 7.99. The Morgan fingerprint density at radius 2 is 2.00 bits per heavy atom. The predicted octanol–water partition coefficient (Wildman–Crippen LogP) is 3.70. The van der Waals surface area contributed by atoms with Crippen LogP contribution in [0, 0.1) is 0 Å². The third-order valence-electron chi connectivity index (χ3n) is 3.10. The van der Waals surface area contributed by atoms with Gasteiger partial charge in [-0.2, -0.15) is 0 Å². The highest BCUT2D eigenvalue weighted by atomic mass is 32.2. The molecule has 2 atom stereocenters. The van der Waals surface area contributed by atoms with Gasteiger partial charge in [-0.25, -0.2) is 9.97 Å². The molecular weight excluding hydrogens is 266 g/mol. The minimum Gasteiger partial charge on any atom is -0.309 e. The van der Waals surface area contributed by atoms with Gasteiger partial charge >= 0.3 is 0 Å². The fourth-order valence-corrected chi connectivity index (χ4v) is 3.14. The summed E-state index contributed by atoms with van der Waals surface area (Å²) in [5.41, 5.74) is 1.33. The first-order valence-electron chi connectivity index (χ1n) is 7.02. The summed E-state index contributed by atoms with van der Waals surface area (Å²) in [5, 5.41) is 5.06. The Balaban J connectivity index is 2.10. The second-order valence-electron chi connectivity index (χ2n) is 4.71. The first-order valence-corrected chi connectivity index (χ1v) is 7.90. The molecule has 2 rings (SSSR count). The van der Waals surface area contributed by atoms with Crippen LogP contribution >= 0.6 is 11.8 Å². The van der Waals surface area contributed by atoms with Crippen LogP contribution in [0.4, 0.5) is 0 Å². The van der Waals surface area contributed by atoms with Crippen molar-refractivity contribution in [3.8, 4) is 0 Å². The Morgan fingerprint density at radius 3 is 2.65 bits per heavy atom. The van der Waals surface area contributed by atoms with Gasteiger partial charge in [-0.05, 0) is 24.6 Å². The Morgan fingerprint density at radius 1 is 1.20 bits per heavy atom. The molecule has 0 saturated heterocycles. The molecular formula is C16H21N3S. The van der Waals surface area contributed by atoms with Crippen LogP contribution in [-0.2, 0) is 0 Å². The van der Waals surface area contributed by atoms with Crippen molar-refractivity contribution >= 4 is 11.8 Å². The van der Waals surface area contributed by atoms with Crippen molar-refractivity contribution < 1.29 is 0 Å². The van der Waals surface area contributed by atoms with Crippen LogP contribution in [0.15, 0.2) is 53.9 Å². The maximum atomic E-state index is 4.30. The fourth-order valence-electron chi connectivity index (χ4n) is 2.12. The molecule has 0 radical (unpaired) electrons. The monoisotopic (exact) mass is 287 g/mol. The van der Waals surface area contributed by atoms with E-state index in [1.807, 2.05) is 6.07 Å². The molecule has 3 nitrogen and oxygen atoms in total. The SMILES string of the molecule is CCCNC(c1ccccc1)C(C)Sc1ccncn1. The fraction of sp³-hybridized carbons (Fsp3) is 0.375. The molecule has 0 aliphatic heterocycles. The predicted molar refractivity (Wildman–Crippen MR) is 84.8 cm³/mol. The lowest BCUT2D eigenvalue weighted by atomic mass is 10.0. The Hall–Kier alpha value is -1.39. The molecule has 0 aliphatic carbocycles. The molecule has 0 saturated carbocycles. The van der Waals surface area contributed by atoms with Gasteiger partial charge in [0.1, 0.15) is 6.33 Å². The molecule has 4 heteroatoms. The zero-order valence-electron chi connectivity index (χ0n) is 12.0. The summed E-state index contributed by atoms with van der Waals surface area (Å²) in [6, 6.07) is 12.9. The molecule has 20 heavy (non-hydrogen) atoms. The molecule has 1 N–H and O–H groups in total. The second kappa shape index (κ2) is 8.02. The summed E-state index contributed by atoms with van der Waals surface area (Å²) >= 11 is 1.78. The standard InChI is InChI=1S/C16H21N3S/c1-3-10-18-16(14-7-5-4-6-8-14)13(2)20-15-9-11-17-12-19-15/h4-9,11-13,16,18H,3,10H2,1-2H3. The topological polar surface area (TPSA) is 37.8 Å². The summed E-state index contributed by atoms with van der Waals surface area (Å²) in [6.45, 7) is 5.46. The van der Waals surface area contributed by atoms with E-state index in [0.717, 1.165) is 18.0 Å². The van der Waals surface area contributed by atoms with Gasteiger partial charge in [0, 0.05) is 17.5 Å². The van der Waals surface area contributed by atoms with E-state index in [9.17, 15) is 0 Å². The van der Waals surface area contributed by atoms with E-state index in [2.05, 4.69) is 59.5 Å². The lowest BCUT2D eigenvalue weighted by Gasteiger charge is -2.25. The average Bonchev–Trinajstić information content (AvgIpc) is 2.50. The maximum absolute atomic E-state index is 4.30. The number of hydrogen-bond donors (Lipinski definition) is 1. The van der Waals surface area contributed by atoms with Gasteiger partial charge < -0.3 is 5.32 Å². The highest BCUT2D eigenvalue weighted by Crippen LogP contribution is 2.30. The Kier molecular flexibility index (Phi) is 6.02. The van der Waals surface area contributed by atoms with E-state index < -0.39 is 0 Å². The maximum Gasteiger partial charge on any atom is 0.116 e. The van der Waals surface area contributed by atoms with E-state index >= 15 is 0 Å². The second-order valence-corrected chi connectivity index (χ2v) is 6.11. The molecule has 1 heterocycles. The van der Waals surface area contributed by atoms with Crippen LogP contribution in [0.3, 0.4) is 0 Å². The van der Waals surface area contributed by atoms with Gasteiger partial charge in [0.05, 0.1) is 5.03 Å². The minimum absolute atomic E-state index is 0.330. The van der Waals surface area contributed by atoms with E-state index in [1.54, 1.807) is 24.3 Å². The van der Waals surface area contributed by atoms with Crippen molar-refractivity contribution in [3.05, 3.63) is 54.5 Å². The Bertz CT molecular complexity index is 490. The van der Waals surface area contributed by atoms with Crippen LogP contribution in [0.1, 0.15) is 31.9 Å². The van der Waals surface area contributed by atoms with Gasteiger partial charge in [0.2, 0.25) is 0 Å². The van der Waals surface area contributed by atoms with E-state index in [4.69, 9.17) is 0 Å². The number of nitrogens with one attached hydrogen (secondary N) is 1. The largest absolute Gasteiger partial charge is 0.309 e. The molecule has 2 aromatic rings. The molecule has 0 amide bonds. The van der Waals surface area contributed by atoms with Crippen molar-refractivity contribution in [2.24, 2.45) is 0 Å². The van der Waals surface area contributed by atoms with Crippen LogP contribution in [0.2, 0.25) is 0 Å². The quantitative estimate of drug-likeness (QED) is 0.622.